The van der Waals surface area contributed by atoms with Crippen molar-refractivity contribution in [1.29, 1.82) is 0 Å². The number of carbonyl (C=O) groups excluding carboxylic acids is 3. The van der Waals surface area contributed by atoms with Crippen LogP contribution in [0.1, 0.15) is 11.1 Å². The summed E-state index contributed by atoms with van der Waals surface area (Å²) in [5.41, 5.74) is 4.69. The normalized spacial score (nSPS) is 10.5. The molecule has 35 heavy (non-hydrogen) atoms. The summed E-state index contributed by atoms with van der Waals surface area (Å²) in [7, 11) is 1.50. The number of nitrogens with one attached hydrogen (secondary N) is 3. The molecule has 0 heterocycles. The minimum absolute atomic E-state index is 0.230. The zero-order valence-corrected chi connectivity index (χ0v) is 20.6. The van der Waals surface area contributed by atoms with E-state index in [0.717, 1.165) is 10.0 Å². The van der Waals surface area contributed by atoms with Gasteiger partial charge >= 0.3 is 11.8 Å². The highest BCUT2D eigenvalue weighted by molar-refractivity contribution is 9.10. The van der Waals surface area contributed by atoms with Crippen molar-refractivity contribution in [2.75, 3.05) is 24.4 Å². The molecule has 3 amide bonds. The van der Waals surface area contributed by atoms with Gasteiger partial charge in [0.25, 0.3) is 5.91 Å². The number of anilines is 2. The zero-order chi connectivity index (χ0) is 25.2. The van der Waals surface area contributed by atoms with Gasteiger partial charge in [-0.1, -0.05) is 40.2 Å². The fourth-order valence-electron chi connectivity index (χ4n) is 2.89. The molecule has 0 bridgehead atoms. The summed E-state index contributed by atoms with van der Waals surface area (Å²) in [6, 6.07) is 19.1. The second-order valence-electron chi connectivity index (χ2n) is 7.22. The van der Waals surface area contributed by atoms with E-state index in [0.29, 0.717) is 28.4 Å². The molecule has 0 aromatic heterocycles. The molecular weight excluding hydrogens is 516 g/mol. The highest BCUT2D eigenvalue weighted by atomic mass is 79.9. The van der Waals surface area contributed by atoms with Crippen molar-refractivity contribution in [3.63, 3.8) is 0 Å². The first-order chi connectivity index (χ1) is 16.9. The summed E-state index contributed by atoms with van der Waals surface area (Å²) in [4.78, 5) is 36.5. The third kappa shape index (κ3) is 7.68. The Hall–Kier alpha value is -4.18. The van der Waals surface area contributed by atoms with E-state index in [1.54, 1.807) is 48.5 Å². The predicted octanol–water partition coefficient (Wildman–Crippen LogP) is 3.87. The molecule has 3 aromatic carbocycles. The maximum Gasteiger partial charge on any atom is 0.329 e. The first-order valence-corrected chi connectivity index (χ1v) is 11.2. The average molecular weight is 539 g/mol. The van der Waals surface area contributed by atoms with Crippen LogP contribution in [0.2, 0.25) is 0 Å². The van der Waals surface area contributed by atoms with E-state index in [1.165, 1.54) is 13.3 Å². The summed E-state index contributed by atoms with van der Waals surface area (Å²) in [5.74, 6) is -1.27. The van der Waals surface area contributed by atoms with Gasteiger partial charge in [-0.25, -0.2) is 5.43 Å². The Balaban J connectivity index is 1.58. The molecule has 3 N–H and O–H groups in total. The first kappa shape index (κ1) is 25.4. The quantitative estimate of drug-likeness (QED) is 0.228. The number of aryl methyl sites for hydroxylation is 1. The lowest BCUT2D eigenvalue weighted by atomic mass is 10.2. The Morgan fingerprint density at radius 2 is 1.77 bits per heavy atom. The van der Waals surface area contributed by atoms with E-state index in [1.807, 2.05) is 25.1 Å². The molecule has 0 aliphatic rings. The molecule has 10 heteroatoms. The molecule has 0 spiro atoms. The molecule has 0 aliphatic heterocycles. The number of rotatable bonds is 8. The summed E-state index contributed by atoms with van der Waals surface area (Å²) >= 11 is 3.36. The summed E-state index contributed by atoms with van der Waals surface area (Å²) in [6.45, 7) is 1.66. The molecule has 0 aliphatic carbocycles. The molecule has 0 saturated carbocycles. The molecule has 0 saturated heterocycles. The number of hydrogen-bond acceptors (Lipinski definition) is 6. The fourth-order valence-corrected chi connectivity index (χ4v) is 3.27. The van der Waals surface area contributed by atoms with Crippen LogP contribution < -0.4 is 25.5 Å². The van der Waals surface area contributed by atoms with Crippen LogP contribution >= 0.6 is 15.9 Å². The standard InChI is InChI=1S/C25H23BrN4O5/c1-16-6-3-4-9-21(16)29-23(31)15-35-22-11-10-18(26)12-17(22)14-27-30-25(33)24(32)28-19-7-5-8-20(13-19)34-2/h3-14H,15H2,1-2H3,(H,28,32)(H,29,31)(H,30,33)/b27-14-. The first-order valence-electron chi connectivity index (χ1n) is 10.4. The van der Waals surface area contributed by atoms with Crippen LogP contribution in [-0.2, 0) is 14.4 Å². The molecule has 0 atom stereocenters. The van der Waals surface area contributed by atoms with Crippen molar-refractivity contribution in [3.05, 3.63) is 82.3 Å². The molecule has 3 aromatic rings. The summed E-state index contributed by atoms with van der Waals surface area (Å²) in [5, 5.41) is 9.09. The lowest BCUT2D eigenvalue weighted by Gasteiger charge is -2.11. The van der Waals surface area contributed by atoms with Crippen LogP contribution in [0.3, 0.4) is 0 Å². The van der Waals surface area contributed by atoms with Gasteiger partial charge in [-0.2, -0.15) is 5.10 Å². The zero-order valence-electron chi connectivity index (χ0n) is 19.0. The van der Waals surface area contributed by atoms with Crippen LogP contribution in [-0.4, -0.2) is 37.7 Å². The Labute approximate surface area is 210 Å². The summed E-state index contributed by atoms with van der Waals surface area (Å²) in [6.07, 6.45) is 1.32. The Kier molecular flexibility index (Phi) is 8.96. The smallest absolute Gasteiger partial charge is 0.329 e. The van der Waals surface area contributed by atoms with Gasteiger partial charge in [-0.3, -0.25) is 14.4 Å². The van der Waals surface area contributed by atoms with Crippen LogP contribution in [0.25, 0.3) is 0 Å². The molecule has 0 fully saturated rings. The molecule has 0 unspecified atom stereocenters. The number of nitrogens with zero attached hydrogens (tertiary/aromatic N) is 1. The molecule has 0 radical (unpaired) electrons. The van der Waals surface area contributed by atoms with Gasteiger partial charge in [-0.15, -0.1) is 0 Å². The Bertz CT molecular complexity index is 1260. The van der Waals surface area contributed by atoms with Crippen LogP contribution in [0.15, 0.2) is 76.3 Å². The van der Waals surface area contributed by atoms with Crippen molar-refractivity contribution in [2.24, 2.45) is 5.10 Å². The van der Waals surface area contributed by atoms with E-state index in [9.17, 15) is 14.4 Å². The van der Waals surface area contributed by atoms with Crippen molar-refractivity contribution >= 4 is 51.2 Å². The lowest BCUT2D eigenvalue weighted by Crippen LogP contribution is -2.32. The number of benzene rings is 3. The van der Waals surface area contributed by atoms with Crippen molar-refractivity contribution in [3.8, 4) is 11.5 Å². The number of hydrazone groups is 1. The largest absolute Gasteiger partial charge is 0.497 e. The average Bonchev–Trinajstić information content (AvgIpc) is 2.85. The predicted molar refractivity (Wildman–Crippen MR) is 137 cm³/mol. The third-order valence-electron chi connectivity index (χ3n) is 4.65. The second-order valence-corrected chi connectivity index (χ2v) is 8.13. The maximum absolute atomic E-state index is 12.3. The van der Waals surface area contributed by atoms with Crippen molar-refractivity contribution in [2.45, 2.75) is 6.92 Å². The minimum Gasteiger partial charge on any atom is -0.497 e. The Morgan fingerprint density at radius 3 is 2.54 bits per heavy atom. The third-order valence-corrected chi connectivity index (χ3v) is 5.15. The SMILES string of the molecule is COc1cccc(NC(=O)C(=O)N/N=C\c2cc(Br)ccc2OCC(=O)Nc2ccccc2C)c1. The number of hydrogen-bond donors (Lipinski definition) is 3. The van der Waals surface area contributed by atoms with Gasteiger partial charge in [0.15, 0.2) is 6.61 Å². The lowest BCUT2D eigenvalue weighted by molar-refractivity contribution is -0.136. The molecule has 9 nitrogen and oxygen atoms in total. The molecule has 3 rings (SSSR count). The fraction of sp³-hybridized carbons (Fsp3) is 0.120. The number of para-hydroxylation sites is 1. The van der Waals surface area contributed by atoms with Crippen molar-refractivity contribution < 1.29 is 23.9 Å². The van der Waals surface area contributed by atoms with Gasteiger partial charge in [0.2, 0.25) is 0 Å². The van der Waals surface area contributed by atoms with Gasteiger partial charge in [-0.05, 0) is 48.9 Å². The highest BCUT2D eigenvalue weighted by Crippen LogP contribution is 2.22. The van der Waals surface area contributed by atoms with Crippen molar-refractivity contribution in [1.82, 2.24) is 5.43 Å². The van der Waals surface area contributed by atoms with Crippen LogP contribution in [0, 0.1) is 6.92 Å². The van der Waals surface area contributed by atoms with Gasteiger partial charge in [0.1, 0.15) is 11.5 Å². The number of methoxy groups -OCH3 is 1. The second kappa shape index (κ2) is 12.3. The maximum atomic E-state index is 12.3. The van der Waals surface area contributed by atoms with E-state index in [-0.39, 0.29) is 12.5 Å². The number of carbonyl (C=O) groups is 3. The van der Waals surface area contributed by atoms with Gasteiger partial charge < -0.3 is 20.1 Å². The minimum atomic E-state index is -0.959. The van der Waals surface area contributed by atoms with E-state index >= 15 is 0 Å². The van der Waals surface area contributed by atoms with Gasteiger partial charge in [0.05, 0.1) is 13.3 Å². The van der Waals surface area contributed by atoms with Crippen LogP contribution in [0.5, 0.6) is 11.5 Å². The molecular formula is C25H23BrN4O5. The van der Waals surface area contributed by atoms with E-state index in [2.05, 4.69) is 37.1 Å². The highest BCUT2D eigenvalue weighted by Gasteiger charge is 2.14. The topological polar surface area (TPSA) is 118 Å². The number of halogens is 1. The van der Waals surface area contributed by atoms with E-state index < -0.39 is 11.8 Å². The number of ether oxygens (including phenoxy) is 2. The summed E-state index contributed by atoms with van der Waals surface area (Å²) < 4.78 is 11.5. The van der Waals surface area contributed by atoms with Gasteiger partial charge in [0, 0.05) is 27.5 Å². The van der Waals surface area contributed by atoms with E-state index in [4.69, 9.17) is 9.47 Å². The van der Waals surface area contributed by atoms with Crippen LogP contribution in [0.4, 0.5) is 11.4 Å². The monoisotopic (exact) mass is 538 g/mol. The Morgan fingerprint density at radius 1 is 0.971 bits per heavy atom. The number of amides is 3. The molecule has 180 valence electrons.